The molecule has 2 aromatic carbocycles. The second-order valence-electron chi connectivity index (χ2n) is 9.34. The number of allylic oxidation sites excluding steroid dienone is 1. The topological polar surface area (TPSA) is 99.2 Å². The summed E-state index contributed by atoms with van der Waals surface area (Å²) < 4.78 is 28.0. The summed E-state index contributed by atoms with van der Waals surface area (Å²) in [5, 5.41) is 12.9. The lowest BCUT2D eigenvalue weighted by Gasteiger charge is -2.46. The molecule has 5 rings (SSSR count). The Morgan fingerprint density at radius 2 is 1.73 bits per heavy atom. The van der Waals surface area contributed by atoms with E-state index in [1.165, 1.54) is 42.5 Å². The minimum atomic E-state index is -1.85. The van der Waals surface area contributed by atoms with Crippen LogP contribution in [0.25, 0.3) is 0 Å². The number of nitrogens with one attached hydrogen (secondary N) is 1. The van der Waals surface area contributed by atoms with Crippen LogP contribution in [-0.2, 0) is 15.0 Å². The van der Waals surface area contributed by atoms with E-state index >= 15 is 0 Å². The number of fused-ring (bicyclic) bond motifs is 3. The molecule has 1 atom stereocenters. The summed E-state index contributed by atoms with van der Waals surface area (Å²) >= 11 is 0. The first kappa shape index (κ1) is 20.9. The van der Waals surface area contributed by atoms with Gasteiger partial charge < -0.3 is 11.1 Å². The third kappa shape index (κ3) is 2.75. The number of carbonyl (C=O) groups excluding carboxylic acids is 2. The Bertz CT molecular complexity index is 1350. The molecule has 33 heavy (non-hydrogen) atoms. The maximum absolute atomic E-state index is 14.4. The smallest absolute Gasteiger partial charge is 0.245 e. The number of nitrogens with two attached hydrogens (primary N) is 1. The number of ketones is 1. The van der Waals surface area contributed by atoms with Gasteiger partial charge in [0.25, 0.3) is 0 Å². The molecular formula is C25H20F2N4O2. The van der Waals surface area contributed by atoms with Gasteiger partial charge in [-0.1, -0.05) is 13.8 Å². The highest BCUT2D eigenvalue weighted by atomic mass is 19.1. The molecule has 0 saturated heterocycles. The molecule has 1 amide bonds. The molecule has 0 fully saturated rings. The first-order valence-corrected chi connectivity index (χ1v) is 10.4. The van der Waals surface area contributed by atoms with Crippen molar-refractivity contribution in [1.82, 2.24) is 0 Å². The molecule has 0 aromatic heterocycles. The van der Waals surface area contributed by atoms with Gasteiger partial charge in [0.15, 0.2) is 5.78 Å². The quantitative estimate of drug-likeness (QED) is 0.690. The number of Topliss-reactive ketones (excluding diaryl/α,β-unsaturated/α-hetero) is 1. The number of amides is 1. The Labute approximate surface area is 189 Å². The summed E-state index contributed by atoms with van der Waals surface area (Å²) in [7, 11) is 0. The standard InChI is InChI=1S/C25H20F2N4O2/c1-24(2)10-19-21(20(32)11-24)25(16-9-14(27)5-8-18(16)30-23(25)33)17(12-28)22(29)31(19)15-6-3-13(26)4-7-15/h3-9H,10-11,29H2,1-2H3,(H,30,33). The number of nitrogens with zero attached hydrogens (tertiary/aromatic N) is 2. The number of rotatable bonds is 1. The van der Waals surface area contributed by atoms with Gasteiger partial charge in [-0.2, -0.15) is 5.26 Å². The fourth-order valence-corrected chi connectivity index (χ4v) is 5.28. The molecule has 0 saturated carbocycles. The SMILES string of the molecule is CC1(C)CC(=O)C2=C(C1)N(c1ccc(F)cc1)C(N)=C(C#N)C21C(=O)Nc2ccc(F)cc21. The van der Waals surface area contributed by atoms with Crippen LogP contribution in [-0.4, -0.2) is 11.7 Å². The number of hydrogen-bond donors (Lipinski definition) is 2. The van der Waals surface area contributed by atoms with Gasteiger partial charge in [0.2, 0.25) is 5.91 Å². The molecule has 1 aliphatic carbocycles. The van der Waals surface area contributed by atoms with Gasteiger partial charge in [-0.05, 0) is 54.3 Å². The predicted molar refractivity (Wildman–Crippen MR) is 117 cm³/mol. The fourth-order valence-electron chi connectivity index (χ4n) is 5.28. The monoisotopic (exact) mass is 446 g/mol. The average molecular weight is 446 g/mol. The summed E-state index contributed by atoms with van der Waals surface area (Å²) in [5.41, 5.74) is 5.57. The second-order valence-corrected chi connectivity index (χ2v) is 9.34. The van der Waals surface area contributed by atoms with Crippen molar-refractivity contribution in [2.24, 2.45) is 11.1 Å². The van der Waals surface area contributed by atoms with Crippen LogP contribution in [0, 0.1) is 28.4 Å². The first-order chi connectivity index (χ1) is 15.6. The molecule has 166 valence electrons. The Morgan fingerprint density at radius 3 is 2.39 bits per heavy atom. The van der Waals surface area contributed by atoms with Crippen LogP contribution in [0.5, 0.6) is 0 Å². The number of hydrogen-bond acceptors (Lipinski definition) is 5. The van der Waals surface area contributed by atoms with E-state index in [0.29, 0.717) is 23.5 Å². The minimum Gasteiger partial charge on any atom is -0.384 e. The van der Waals surface area contributed by atoms with Crippen molar-refractivity contribution in [1.29, 1.82) is 5.26 Å². The van der Waals surface area contributed by atoms with E-state index < -0.39 is 28.4 Å². The molecule has 1 unspecified atom stereocenters. The van der Waals surface area contributed by atoms with Crippen LogP contribution >= 0.6 is 0 Å². The second kappa shape index (κ2) is 6.75. The highest BCUT2D eigenvalue weighted by Gasteiger charge is 2.61. The van der Waals surface area contributed by atoms with E-state index in [0.717, 1.165) is 0 Å². The van der Waals surface area contributed by atoms with Crippen molar-refractivity contribution in [3.05, 3.63) is 82.3 Å². The molecule has 2 aliphatic heterocycles. The lowest BCUT2D eigenvalue weighted by atomic mass is 9.60. The summed E-state index contributed by atoms with van der Waals surface area (Å²) in [6.45, 7) is 3.85. The lowest BCUT2D eigenvalue weighted by molar-refractivity contribution is -0.123. The zero-order valence-corrected chi connectivity index (χ0v) is 18.0. The number of anilines is 2. The van der Waals surface area contributed by atoms with Gasteiger partial charge in [-0.25, -0.2) is 8.78 Å². The third-order valence-electron chi connectivity index (χ3n) is 6.54. The van der Waals surface area contributed by atoms with E-state index in [9.17, 15) is 23.6 Å². The van der Waals surface area contributed by atoms with E-state index in [-0.39, 0.29) is 34.7 Å². The summed E-state index contributed by atoms with van der Waals surface area (Å²) in [4.78, 5) is 28.8. The Morgan fingerprint density at radius 1 is 1.06 bits per heavy atom. The highest BCUT2D eigenvalue weighted by Crippen LogP contribution is 2.57. The average Bonchev–Trinajstić information content (AvgIpc) is 3.00. The Hall–Kier alpha value is -3.99. The van der Waals surface area contributed by atoms with Gasteiger partial charge in [0.05, 0.1) is 5.57 Å². The van der Waals surface area contributed by atoms with Gasteiger partial charge in [-0.3, -0.25) is 14.5 Å². The molecular weight excluding hydrogens is 426 g/mol. The van der Waals surface area contributed by atoms with Crippen LogP contribution in [0.4, 0.5) is 20.2 Å². The molecule has 0 bridgehead atoms. The van der Waals surface area contributed by atoms with E-state index in [2.05, 4.69) is 5.32 Å². The Kier molecular flexibility index (Phi) is 4.27. The first-order valence-electron chi connectivity index (χ1n) is 10.4. The van der Waals surface area contributed by atoms with Crippen molar-refractivity contribution in [2.45, 2.75) is 32.1 Å². The summed E-state index contributed by atoms with van der Waals surface area (Å²) in [5.74, 6) is -2.06. The summed E-state index contributed by atoms with van der Waals surface area (Å²) in [6, 6.07) is 11.3. The van der Waals surface area contributed by atoms with Crippen LogP contribution in [0.2, 0.25) is 0 Å². The summed E-state index contributed by atoms with van der Waals surface area (Å²) in [6.07, 6.45) is 0.506. The number of carbonyl (C=O) groups is 2. The molecule has 6 nitrogen and oxygen atoms in total. The predicted octanol–water partition coefficient (Wildman–Crippen LogP) is 4.01. The minimum absolute atomic E-state index is 0.0550. The third-order valence-corrected chi connectivity index (χ3v) is 6.54. The maximum atomic E-state index is 14.4. The number of halogens is 2. The van der Waals surface area contributed by atoms with Crippen molar-refractivity contribution in [2.75, 3.05) is 10.2 Å². The Balaban J connectivity index is 1.90. The van der Waals surface area contributed by atoms with Crippen molar-refractivity contribution < 1.29 is 18.4 Å². The molecule has 2 aromatic rings. The van der Waals surface area contributed by atoms with Crippen LogP contribution in [0.15, 0.2) is 65.1 Å². The zero-order chi connectivity index (χ0) is 23.7. The highest BCUT2D eigenvalue weighted by molar-refractivity contribution is 6.20. The molecule has 1 spiro atoms. The molecule has 3 aliphatic rings. The van der Waals surface area contributed by atoms with Gasteiger partial charge in [-0.15, -0.1) is 0 Å². The molecule has 3 N–H and O–H groups in total. The van der Waals surface area contributed by atoms with Gasteiger partial charge in [0, 0.05) is 34.6 Å². The maximum Gasteiger partial charge on any atom is 0.245 e. The zero-order valence-electron chi connectivity index (χ0n) is 18.0. The van der Waals surface area contributed by atoms with Crippen LogP contribution in [0.1, 0.15) is 32.3 Å². The van der Waals surface area contributed by atoms with E-state index in [4.69, 9.17) is 5.73 Å². The molecule has 0 radical (unpaired) electrons. The molecule has 8 heteroatoms. The normalized spacial score (nSPS) is 23.4. The van der Waals surface area contributed by atoms with Gasteiger partial charge in [0.1, 0.15) is 28.9 Å². The van der Waals surface area contributed by atoms with E-state index in [1.54, 1.807) is 4.90 Å². The van der Waals surface area contributed by atoms with Crippen molar-refractivity contribution in [3.8, 4) is 6.07 Å². The molecule has 2 heterocycles. The number of nitriles is 1. The number of benzene rings is 2. The van der Waals surface area contributed by atoms with E-state index in [1.807, 2.05) is 19.9 Å². The van der Waals surface area contributed by atoms with Crippen LogP contribution < -0.4 is 16.0 Å². The largest absolute Gasteiger partial charge is 0.384 e. The van der Waals surface area contributed by atoms with Crippen molar-refractivity contribution in [3.63, 3.8) is 0 Å². The fraction of sp³-hybridized carbons (Fsp3) is 0.240. The van der Waals surface area contributed by atoms with Gasteiger partial charge >= 0.3 is 0 Å². The van der Waals surface area contributed by atoms with Crippen LogP contribution in [0.3, 0.4) is 0 Å². The lowest BCUT2D eigenvalue weighted by Crippen LogP contribution is -2.52. The van der Waals surface area contributed by atoms with Crippen molar-refractivity contribution >= 4 is 23.1 Å².